The van der Waals surface area contributed by atoms with Gasteiger partial charge in [0.15, 0.2) is 9.84 Å². The number of hydrogen-bond donors (Lipinski definition) is 0. The second-order valence-electron chi connectivity index (χ2n) is 5.34. The predicted octanol–water partition coefficient (Wildman–Crippen LogP) is 1.68. The summed E-state index contributed by atoms with van der Waals surface area (Å²) in [6, 6.07) is 0. The van der Waals surface area contributed by atoms with Crippen LogP contribution in [0.5, 0.6) is 0 Å². The van der Waals surface area contributed by atoms with Gasteiger partial charge in [0.05, 0.1) is 11.5 Å². The van der Waals surface area contributed by atoms with E-state index in [0.29, 0.717) is 11.7 Å². The Morgan fingerprint density at radius 1 is 1.41 bits per heavy atom. The molecule has 0 aromatic carbocycles. The van der Waals surface area contributed by atoms with Crippen molar-refractivity contribution in [2.75, 3.05) is 11.5 Å². The van der Waals surface area contributed by atoms with Crippen molar-refractivity contribution in [2.45, 2.75) is 44.6 Å². The van der Waals surface area contributed by atoms with Crippen molar-refractivity contribution in [2.24, 2.45) is 0 Å². The summed E-state index contributed by atoms with van der Waals surface area (Å²) in [6.45, 7) is 3.23. The van der Waals surface area contributed by atoms with Gasteiger partial charge in [-0.25, -0.2) is 13.4 Å². The van der Waals surface area contributed by atoms with Gasteiger partial charge >= 0.3 is 0 Å². The topological polar surface area (TPSA) is 52.0 Å². The van der Waals surface area contributed by atoms with E-state index in [1.54, 1.807) is 0 Å². The lowest BCUT2D eigenvalue weighted by atomic mass is 9.98. The minimum atomic E-state index is -2.81. The van der Waals surface area contributed by atoms with Crippen LogP contribution in [0.4, 0.5) is 0 Å². The Kier molecular flexibility index (Phi) is 2.54. The highest BCUT2D eigenvalue weighted by Crippen LogP contribution is 2.33. The smallest absolute Gasteiger partial charge is 0.151 e. The van der Waals surface area contributed by atoms with Crippen LogP contribution in [0.15, 0.2) is 6.20 Å². The van der Waals surface area contributed by atoms with E-state index in [4.69, 9.17) is 0 Å². The summed E-state index contributed by atoms with van der Waals surface area (Å²) in [5, 5.41) is 0. The second-order valence-corrected chi connectivity index (χ2v) is 7.56. The van der Waals surface area contributed by atoms with E-state index < -0.39 is 9.84 Å². The van der Waals surface area contributed by atoms with E-state index in [2.05, 4.69) is 16.5 Å². The summed E-state index contributed by atoms with van der Waals surface area (Å²) in [7, 11) is -2.81. The standard InChI is InChI=1S/C12H18N2O2S/c1-9-3-2-5-14-11(9)7-13-12(14)10-4-6-17(15,16)8-10/h7,9-10H,2-6,8H2,1H3. The lowest BCUT2D eigenvalue weighted by molar-refractivity contribution is 0.454. The largest absolute Gasteiger partial charge is 0.332 e. The number of aromatic nitrogens is 2. The maximum atomic E-state index is 11.5. The van der Waals surface area contributed by atoms with Crippen molar-refractivity contribution in [3.63, 3.8) is 0 Å². The van der Waals surface area contributed by atoms with E-state index >= 15 is 0 Å². The summed E-state index contributed by atoms with van der Waals surface area (Å²) >= 11 is 0. The molecule has 3 rings (SSSR count). The third-order valence-corrected chi connectivity index (χ3v) is 5.81. The maximum absolute atomic E-state index is 11.5. The van der Waals surface area contributed by atoms with E-state index in [1.807, 2.05) is 6.20 Å². The molecular formula is C12H18N2O2S. The Morgan fingerprint density at radius 3 is 2.94 bits per heavy atom. The van der Waals surface area contributed by atoms with Crippen LogP contribution in [0.1, 0.15) is 49.5 Å². The van der Waals surface area contributed by atoms with Crippen molar-refractivity contribution in [1.29, 1.82) is 0 Å². The molecule has 2 aliphatic heterocycles. The first-order valence-corrected chi connectivity index (χ1v) is 8.15. The minimum Gasteiger partial charge on any atom is -0.332 e. The normalized spacial score (nSPS) is 31.4. The van der Waals surface area contributed by atoms with Crippen molar-refractivity contribution in [3.8, 4) is 0 Å². The highest BCUT2D eigenvalue weighted by Gasteiger charge is 2.33. The highest BCUT2D eigenvalue weighted by molar-refractivity contribution is 7.91. The molecule has 0 saturated carbocycles. The molecule has 1 aromatic rings. The van der Waals surface area contributed by atoms with Gasteiger partial charge in [0.25, 0.3) is 0 Å². The van der Waals surface area contributed by atoms with Crippen LogP contribution in [-0.4, -0.2) is 29.5 Å². The molecule has 1 aromatic heterocycles. The summed E-state index contributed by atoms with van der Waals surface area (Å²) in [6.07, 6.45) is 5.09. The molecule has 3 heterocycles. The van der Waals surface area contributed by atoms with Crippen LogP contribution in [0.25, 0.3) is 0 Å². The van der Waals surface area contributed by atoms with Crippen LogP contribution in [0.2, 0.25) is 0 Å². The van der Waals surface area contributed by atoms with Gasteiger partial charge in [0.1, 0.15) is 5.82 Å². The van der Waals surface area contributed by atoms with Crippen LogP contribution in [-0.2, 0) is 16.4 Å². The van der Waals surface area contributed by atoms with Gasteiger partial charge in [-0.05, 0) is 25.2 Å². The Labute approximate surface area is 102 Å². The third kappa shape index (κ3) is 1.90. The number of fused-ring (bicyclic) bond motifs is 1. The first-order chi connectivity index (χ1) is 8.07. The molecule has 4 nitrogen and oxygen atoms in total. The number of rotatable bonds is 1. The average molecular weight is 254 g/mol. The molecule has 0 radical (unpaired) electrons. The van der Waals surface area contributed by atoms with Crippen molar-refractivity contribution in [1.82, 2.24) is 9.55 Å². The average Bonchev–Trinajstić information content (AvgIpc) is 2.82. The van der Waals surface area contributed by atoms with Gasteiger partial charge < -0.3 is 4.57 Å². The molecular weight excluding hydrogens is 236 g/mol. The van der Waals surface area contributed by atoms with E-state index in [-0.39, 0.29) is 11.7 Å². The summed E-state index contributed by atoms with van der Waals surface area (Å²) in [5.41, 5.74) is 1.29. The molecule has 0 spiro atoms. The quantitative estimate of drug-likeness (QED) is 0.766. The Bertz CT molecular complexity index is 533. The van der Waals surface area contributed by atoms with Crippen LogP contribution in [0.3, 0.4) is 0 Å². The molecule has 2 atom stereocenters. The molecule has 5 heteroatoms. The first kappa shape index (κ1) is 11.3. The second kappa shape index (κ2) is 3.83. The first-order valence-electron chi connectivity index (χ1n) is 6.32. The highest BCUT2D eigenvalue weighted by atomic mass is 32.2. The molecule has 2 unspecified atom stereocenters. The van der Waals surface area contributed by atoms with Gasteiger partial charge in [-0.2, -0.15) is 0 Å². The van der Waals surface area contributed by atoms with E-state index in [1.165, 1.54) is 18.5 Å². The molecule has 1 fully saturated rings. The van der Waals surface area contributed by atoms with Gasteiger partial charge in [-0.15, -0.1) is 0 Å². The lowest BCUT2D eigenvalue weighted by Crippen LogP contribution is -2.18. The number of hydrogen-bond acceptors (Lipinski definition) is 3. The summed E-state index contributed by atoms with van der Waals surface area (Å²) in [4.78, 5) is 4.49. The molecule has 0 aliphatic carbocycles. The Morgan fingerprint density at radius 2 is 2.24 bits per heavy atom. The van der Waals surface area contributed by atoms with Crippen LogP contribution in [0, 0.1) is 0 Å². The Balaban J connectivity index is 1.95. The van der Waals surface area contributed by atoms with Crippen LogP contribution < -0.4 is 0 Å². The van der Waals surface area contributed by atoms with Crippen molar-refractivity contribution >= 4 is 9.84 Å². The molecule has 1 saturated heterocycles. The summed E-state index contributed by atoms with van der Waals surface area (Å²) < 4.78 is 25.3. The zero-order valence-corrected chi connectivity index (χ0v) is 10.9. The zero-order chi connectivity index (χ0) is 12.0. The Hall–Kier alpha value is -0.840. The maximum Gasteiger partial charge on any atom is 0.151 e. The predicted molar refractivity (Wildman–Crippen MR) is 65.9 cm³/mol. The number of nitrogens with zero attached hydrogens (tertiary/aromatic N) is 2. The summed E-state index contributed by atoms with van der Waals surface area (Å²) in [5.74, 6) is 2.31. The molecule has 0 bridgehead atoms. The fourth-order valence-corrected chi connectivity index (χ4v) is 4.81. The fraction of sp³-hybridized carbons (Fsp3) is 0.750. The van der Waals surface area contributed by atoms with Crippen molar-refractivity contribution < 1.29 is 8.42 Å². The molecule has 94 valence electrons. The van der Waals surface area contributed by atoms with Crippen LogP contribution >= 0.6 is 0 Å². The van der Waals surface area contributed by atoms with Gasteiger partial charge in [0.2, 0.25) is 0 Å². The number of sulfone groups is 1. The lowest BCUT2D eigenvalue weighted by Gasteiger charge is -2.23. The van der Waals surface area contributed by atoms with Gasteiger partial charge in [-0.1, -0.05) is 6.92 Å². The fourth-order valence-electron chi connectivity index (χ4n) is 3.07. The van der Waals surface area contributed by atoms with Crippen molar-refractivity contribution in [3.05, 3.63) is 17.7 Å². The monoisotopic (exact) mass is 254 g/mol. The van der Waals surface area contributed by atoms with E-state index in [9.17, 15) is 8.42 Å². The van der Waals surface area contributed by atoms with Gasteiger partial charge in [-0.3, -0.25) is 0 Å². The molecule has 2 aliphatic rings. The van der Waals surface area contributed by atoms with Gasteiger partial charge in [0, 0.05) is 24.4 Å². The minimum absolute atomic E-state index is 0.124. The molecule has 17 heavy (non-hydrogen) atoms. The SMILES string of the molecule is CC1CCCn2c1cnc2C1CCS(=O)(=O)C1. The molecule has 0 amide bonds. The number of imidazole rings is 1. The van der Waals surface area contributed by atoms with E-state index in [0.717, 1.165) is 18.8 Å². The molecule has 0 N–H and O–H groups in total. The zero-order valence-electron chi connectivity index (χ0n) is 10.1. The third-order valence-electron chi connectivity index (χ3n) is 4.04.